The number of allylic oxidation sites excluding steroid dienone is 6. The first kappa shape index (κ1) is 18.5. The van der Waals surface area contributed by atoms with Gasteiger partial charge in [-0.2, -0.15) is 18.2 Å². The number of rotatable bonds is 1. The topological polar surface area (TPSA) is 69.6 Å². The van der Waals surface area contributed by atoms with Crippen LogP contribution in [0.1, 0.15) is 15.9 Å². The molecule has 0 spiro atoms. The van der Waals surface area contributed by atoms with Crippen LogP contribution in [-0.2, 0) is 17.1 Å². The van der Waals surface area contributed by atoms with Gasteiger partial charge in [0.2, 0.25) is 0 Å². The van der Waals surface area contributed by atoms with E-state index in [-0.39, 0.29) is 34.0 Å². The maximum Gasteiger partial charge on any atom is 2.00 e. The van der Waals surface area contributed by atoms with E-state index in [1.807, 2.05) is 54.6 Å². The summed E-state index contributed by atoms with van der Waals surface area (Å²) in [5.41, 5.74) is 1.16. The van der Waals surface area contributed by atoms with Crippen molar-refractivity contribution < 1.29 is 36.8 Å². The minimum atomic E-state index is -1.07. The summed E-state index contributed by atoms with van der Waals surface area (Å²) in [5.74, 6) is -0.457. The molecule has 0 atom stereocenters. The molecule has 0 unspecified atom stereocenters. The Labute approximate surface area is 155 Å². The molecule has 25 heavy (non-hydrogen) atoms. The van der Waals surface area contributed by atoms with Crippen LogP contribution < -0.4 is 9.84 Å². The summed E-state index contributed by atoms with van der Waals surface area (Å²) in [6.07, 6.45) is 8.77. The fourth-order valence-electron chi connectivity index (χ4n) is 2.29. The van der Waals surface area contributed by atoms with Crippen molar-refractivity contribution >= 4 is 11.7 Å². The van der Waals surface area contributed by atoms with Crippen molar-refractivity contribution in [1.82, 2.24) is 0 Å². The number of benzene rings is 1. The average molecular weight is 374 g/mol. The van der Waals surface area contributed by atoms with Gasteiger partial charge in [0.25, 0.3) is 0 Å². The van der Waals surface area contributed by atoms with Crippen molar-refractivity contribution in [3.8, 4) is 5.75 Å². The van der Waals surface area contributed by atoms with E-state index in [1.165, 1.54) is 24.3 Å². The van der Waals surface area contributed by atoms with Crippen molar-refractivity contribution in [2.24, 2.45) is 0 Å². The molecular formula is C20H14FeO4. The zero-order valence-corrected chi connectivity index (χ0v) is 14.1. The third-order valence-corrected chi connectivity index (χ3v) is 3.48. The maximum absolute atomic E-state index is 12.0. The number of carboxylic acid groups (broad SMARTS) is 1. The molecule has 2 aliphatic rings. The van der Waals surface area contributed by atoms with Gasteiger partial charge < -0.3 is 14.9 Å². The molecule has 2 aromatic carbocycles. The van der Waals surface area contributed by atoms with Crippen molar-refractivity contribution in [3.05, 3.63) is 101 Å². The Morgan fingerprint density at radius 3 is 2.36 bits per heavy atom. The molecule has 0 fully saturated rings. The second kappa shape index (κ2) is 8.29. The van der Waals surface area contributed by atoms with Gasteiger partial charge in [-0.3, -0.25) is 0 Å². The molecule has 2 aromatic rings. The predicted molar refractivity (Wildman–Crippen MR) is 89.3 cm³/mol. The zero-order valence-electron chi connectivity index (χ0n) is 13.0. The van der Waals surface area contributed by atoms with E-state index in [0.717, 1.165) is 5.57 Å². The third-order valence-electron chi connectivity index (χ3n) is 3.48. The first-order valence-electron chi connectivity index (χ1n) is 7.35. The van der Waals surface area contributed by atoms with Crippen LogP contribution >= 0.6 is 0 Å². The normalized spacial score (nSPS) is 13.8. The van der Waals surface area contributed by atoms with E-state index in [9.17, 15) is 9.90 Å². The Bertz CT molecular complexity index is 840. The van der Waals surface area contributed by atoms with Gasteiger partial charge in [0, 0.05) is 11.1 Å². The van der Waals surface area contributed by atoms with Gasteiger partial charge in [-0.05, 0) is 24.3 Å². The number of aromatic carboxylic acids is 1. The van der Waals surface area contributed by atoms with Crippen molar-refractivity contribution in [2.75, 3.05) is 0 Å². The smallest absolute Gasteiger partial charge is 0.872 e. The van der Waals surface area contributed by atoms with Crippen LogP contribution in [-0.4, -0.2) is 11.1 Å². The van der Waals surface area contributed by atoms with Crippen molar-refractivity contribution in [3.63, 3.8) is 0 Å². The number of carboxylic acids is 1. The first-order valence-corrected chi connectivity index (χ1v) is 7.35. The van der Waals surface area contributed by atoms with Crippen molar-refractivity contribution in [1.29, 1.82) is 0 Å². The van der Waals surface area contributed by atoms with E-state index in [4.69, 9.17) is 9.84 Å². The molecular weight excluding hydrogens is 360 g/mol. The Kier molecular flexibility index (Phi) is 6.12. The standard InChI is InChI=1S/C15H10O4.C5H5.Fe/c16-12-8-14(9-3-1-2-4-9)19-13-6-5-10(15(17)18)7-11(12)13;1-2-4-5-3-1;/h1-8,16H,(H,17,18);1-5H;/q;-1;+2/p-1. The SMILES string of the molecule is O=C(O)c1ccc2c(c1)C([O-])=CC(=C1C=CC=C1)O2.[Fe+2].c1cc[cH-]c1. The second-order valence-electron chi connectivity index (χ2n) is 5.13. The summed E-state index contributed by atoms with van der Waals surface area (Å²) < 4.78 is 5.63. The van der Waals surface area contributed by atoms with Crippen LogP contribution in [0.5, 0.6) is 5.75 Å². The number of hydrogen-bond donors (Lipinski definition) is 1. The van der Waals surface area contributed by atoms with Gasteiger partial charge in [0.1, 0.15) is 11.5 Å². The molecule has 4 rings (SSSR count). The minimum Gasteiger partial charge on any atom is -0.872 e. The zero-order chi connectivity index (χ0) is 16.9. The number of fused-ring (bicyclic) bond motifs is 1. The Balaban J connectivity index is 0.000000325. The molecule has 0 saturated heterocycles. The fourth-order valence-corrected chi connectivity index (χ4v) is 2.29. The molecule has 0 radical (unpaired) electrons. The Morgan fingerprint density at radius 2 is 1.80 bits per heavy atom. The van der Waals surface area contributed by atoms with E-state index in [0.29, 0.717) is 11.5 Å². The molecule has 0 aromatic heterocycles. The van der Waals surface area contributed by atoms with Gasteiger partial charge in [0.05, 0.1) is 5.56 Å². The van der Waals surface area contributed by atoms with Crippen LogP contribution in [0.2, 0.25) is 0 Å². The monoisotopic (exact) mass is 374 g/mol. The first-order chi connectivity index (χ1) is 11.6. The second-order valence-corrected chi connectivity index (χ2v) is 5.13. The largest absolute Gasteiger partial charge is 2.00 e. The van der Waals surface area contributed by atoms with Gasteiger partial charge in [-0.1, -0.05) is 30.1 Å². The number of ether oxygens (including phenoxy) is 1. The molecule has 1 heterocycles. The van der Waals surface area contributed by atoms with Crippen LogP contribution in [0.4, 0.5) is 0 Å². The van der Waals surface area contributed by atoms with Gasteiger partial charge >= 0.3 is 23.0 Å². The van der Waals surface area contributed by atoms with Crippen LogP contribution in [0, 0.1) is 0 Å². The molecule has 1 N–H and O–H groups in total. The fraction of sp³-hybridized carbons (Fsp3) is 0. The molecule has 1 aliphatic heterocycles. The molecule has 0 amide bonds. The van der Waals surface area contributed by atoms with E-state index in [1.54, 1.807) is 0 Å². The summed E-state index contributed by atoms with van der Waals surface area (Å²) in [6, 6.07) is 14.3. The van der Waals surface area contributed by atoms with Crippen molar-refractivity contribution in [2.45, 2.75) is 0 Å². The quantitative estimate of drug-likeness (QED) is 0.615. The van der Waals surface area contributed by atoms with Crippen LogP contribution in [0.3, 0.4) is 0 Å². The number of hydrogen-bond acceptors (Lipinski definition) is 3. The third kappa shape index (κ3) is 4.35. The summed E-state index contributed by atoms with van der Waals surface area (Å²) in [7, 11) is 0. The minimum absolute atomic E-state index is 0. The van der Waals surface area contributed by atoms with Crippen LogP contribution in [0.25, 0.3) is 5.76 Å². The molecule has 0 saturated carbocycles. The molecule has 126 valence electrons. The number of carbonyl (C=O) groups is 1. The summed E-state index contributed by atoms with van der Waals surface area (Å²) >= 11 is 0. The maximum atomic E-state index is 12.0. The van der Waals surface area contributed by atoms with Gasteiger partial charge in [-0.25, -0.2) is 16.9 Å². The summed E-state index contributed by atoms with van der Waals surface area (Å²) in [6.45, 7) is 0. The summed E-state index contributed by atoms with van der Waals surface area (Å²) in [5, 5.41) is 20.9. The van der Waals surface area contributed by atoms with Crippen LogP contribution in [0.15, 0.2) is 90.2 Å². The molecule has 5 heteroatoms. The summed E-state index contributed by atoms with van der Waals surface area (Å²) in [4.78, 5) is 10.9. The van der Waals surface area contributed by atoms with E-state index >= 15 is 0 Å². The predicted octanol–water partition coefficient (Wildman–Crippen LogP) is 3.26. The molecule has 4 nitrogen and oxygen atoms in total. The Hall–Kier alpha value is -2.88. The Morgan fingerprint density at radius 1 is 1.12 bits per heavy atom. The van der Waals surface area contributed by atoms with E-state index < -0.39 is 5.97 Å². The molecule has 1 aliphatic carbocycles. The van der Waals surface area contributed by atoms with Gasteiger partial charge in [0.15, 0.2) is 0 Å². The molecule has 0 bridgehead atoms. The van der Waals surface area contributed by atoms with E-state index in [2.05, 4.69) is 0 Å². The van der Waals surface area contributed by atoms with Gasteiger partial charge in [-0.15, -0.1) is 0 Å². The average Bonchev–Trinajstić information content (AvgIpc) is 3.30.